The van der Waals surface area contributed by atoms with Crippen molar-refractivity contribution >= 4 is 0 Å². The molecular weight excluding hydrogens is 160 g/mol. The van der Waals surface area contributed by atoms with Crippen LogP contribution in [0, 0.1) is 0 Å². The molecule has 4 heteroatoms. The van der Waals surface area contributed by atoms with Gasteiger partial charge in [-0.05, 0) is 6.42 Å². The fourth-order valence-corrected chi connectivity index (χ4v) is 1.35. The molecule has 2 N–H and O–H groups in total. The Labute approximate surface area is 72.1 Å². The second-order valence-corrected chi connectivity index (χ2v) is 3.05. The lowest BCUT2D eigenvalue weighted by molar-refractivity contribution is -0.218. The molecule has 1 aliphatic heterocycles. The highest BCUT2D eigenvalue weighted by Gasteiger charge is 2.39. The van der Waals surface area contributed by atoms with E-state index in [2.05, 4.69) is 0 Å². The number of aliphatic hydroxyl groups is 2. The van der Waals surface area contributed by atoms with Gasteiger partial charge in [-0.3, -0.25) is 0 Å². The van der Waals surface area contributed by atoms with Crippen molar-refractivity contribution in [1.29, 1.82) is 0 Å². The van der Waals surface area contributed by atoms with Gasteiger partial charge in [0.2, 0.25) is 0 Å². The van der Waals surface area contributed by atoms with Crippen LogP contribution in [0.25, 0.3) is 0 Å². The molecule has 0 aromatic heterocycles. The Morgan fingerprint density at radius 3 is 2.67 bits per heavy atom. The Morgan fingerprint density at radius 1 is 1.50 bits per heavy atom. The lowest BCUT2D eigenvalue weighted by Crippen LogP contribution is -2.54. The van der Waals surface area contributed by atoms with Crippen LogP contribution >= 0.6 is 0 Å². The van der Waals surface area contributed by atoms with Crippen LogP contribution < -0.4 is 0 Å². The molecule has 1 fully saturated rings. The first-order valence-corrected chi connectivity index (χ1v) is 4.26. The first kappa shape index (κ1) is 9.92. The summed E-state index contributed by atoms with van der Waals surface area (Å²) in [6.07, 6.45) is -0.0907. The highest BCUT2D eigenvalue weighted by Crippen LogP contribution is 2.21. The van der Waals surface area contributed by atoms with Gasteiger partial charge in [0, 0.05) is 0 Å². The summed E-state index contributed by atoms with van der Waals surface area (Å²) >= 11 is 0. The third kappa shape index (κ3) is 1.77. The predicted molar refractivity (Wildman–Crippen MR) is 42.9 cm³/mol. The maximum absolute atomic E-state index is 9.57. The van der Waals surface area contributed by atoms with E-state index in [4.69, 9.17) is 14.6 Å². The molecule has 0 bridgehead atoms. The van der Waals surface area contributed by atoms with E-state index in [1.165, 1.54) is 0 Å². The average molecular weight is 176 g/mol. The first-order chi connectivity index (χ1) is 5.75. The average Bonchev–Trinajstić information content (AvgIpc) is 2.17. The smallest absolute Gasteiger partial charge is 0.140 e. The predicted octanol–water partition coefficient (Wildman–Crippen LogP) is -0.465. The van der Waals surface area contributed by atoms with Crippen LogP contribution in [0.3, 0.4) is 0 Å². The molecule has 4 nitrogen and oxygen atoms in total. The second kappa shape index (κ2) is 4.18. The summed E-state index contributed by atoms with van der Waals surface area (Å²) in [5, 5.41) is 18.6. The van der Waals surface area contributed by atoms with Gasteiger partial charge in [-0.15, -0.1) is 0 Å². The fourth-order valence-electron chi connectivity index (χ4n) is 1.35. The summed E-state index contributed by atoms with van der Waals surface area (Å²) < 4.78 is 10.5. The van der Waals surface area contributed by atoms with Crippen LogP contribution in [0.5, 0.6) is 0 Å². The van der Waals surface area contributed by atoms with E-state index >= 15 is 0 Å². The second-order valence-electron chi connectivity index (χ2n) is 3.05. The number of aliphatic hydroxyl groups excluding tert-OH is 2. The molecule has 0 saturated carbocycles. The first-order valence-electron chi connectivity index (χ1n) is 4.26. The quantitative estimate of drug-likeness (QED) is 0.610. The molecule has 2 unspecified atom stereocenters. The lowest BCUT2D eigenvalue weighted by atomic mass is 9.96. The van der Waals surface area contributed by atoms with Gasteiger partial charge in [0.15, 0.2) is 0 Å². The zero-order valence-electron chi connectivity index (χ0n) is 7.32. The minimum Gasteiger partial charge on any atom is -0.393 e. The summed E-state index contributed by atoms with van der Waals surface area (Å²) in [4.78, 5) is 0. The van der Waals surface area contributed by atoms with Crippen molar-refractivity contribution in [2.24, 2.45) is 0 Å². The molecule has 0 aromatic carbocycles. The Balaban J connectivity index is 2.59. The number of rotatable bonds is 3. The van der Waals surface area contributed by atoms with Gasteiger partial charge in [0.25, 0.3) is 0 Å². The molecule has 0 spiro atoms. The minimum absolute atomic E-state index is 0.192. The maximum atomic E-state index is 9.57. The lowest BCUT2D eigenvalue weighted by Gasteiger charge is -2.38. The molecule has 1 heterocycles. The minimum atomic E-state index is -0.882. The largest absolute Gasteiger partial charge is 0.393 e. The van der Waals surface area contributed by atoms with Crippen LogP contribution in [0.1, 0.15) is 13.3 Å². The maximum Gasteiger partial charge on any atom is 0.140 e. The van der Waals surface area contributed by atoms with Gasteiger partial charge in [-0.2, -0.15) is 0 Å². The Kier molecular flexibility index (Phi) is 3.46. The molecule has 0 aliphatic carbocycles. The molecule has 2 atom stereocenters. The van der Waals surface area contributed by atoms with Crippen molar-refractivity contribution in [3.8, 4) is 0 Å². The molecule has 1 rings (SSSR count). The highest BCUT2D eigenvalue weighted by atomic mass is 16.6. The molecule has 0 radical (unpaired) electrons. The molecule has 0 aromatic rings. The highest BCUT2D eigenvalue weighted by molar-refractivity contribution is 4.89. The van der Waals surface area contributed by atoms with Crippen molar-refractivity contribution < 1.29 is 19.7 Å². The normalized spacial score (nSPS) is 33.2. The van der Waals surface area contributed by atoms with E-state index in [0.717, 1.165) is 0 Å². The Morgan fingerprint density at radius 2 is 2.25 bits per heavy atom. The summed E-state index contributed by atoms with van der Waals surface area (Å²) in [6, 6.07) is 0. The molecule has 72 valence electrons. The summed E-state index contributed by atoms with van der Waals surface area (Å²) in [5.74, 6) is 0. The van der Waals surface area contributed by atoms with E-state index in [1.807, 2.05) is 6.92 Å². The number of ether oxygens (including phenoxy) is 2. The summed E-state index contributed by atoms with van der Waals surface area (Å²) in [5.41, 5.74) is -0.882. The van der Waals surface area contributed by atoms with E-state index in [0.29, 0.717) is 19.6 Å². The third-order valence-corrected chi connectivity index (χ3v) is 2.23. The van der Waals surface area contributed by atoms with Crippen LogP contribution in [-0.2, 0) is 9.47 Å². The van der Waals surface area contributed by atoms with Crippen molar-refractivity contribution in [2.45, 2.75) is 25.0 Å². The number of hydrogen-bond donors (Lipinski definition) is 2. The van der Waals surface area contributed by atoms with Gasteiger partial charge < -0.3 is 19.7 Å². The van der Waals surface area contributed by atoms with Crippen molar-refractivity contribution in [2.75, 3.05) is 26.4 Å². The SMILES string of the molecule is CCC(O)C1(CO)COCCO1. The Hall–Kier alpha value is -0.160. The monoisotopic (exact) mass is 176 g/mol. The third-order valence-electron chi connectivity index (χ3n) is 2.23. The van der Waals surface area contributed by atoms with Crippen molar-refractivity contribution in [1.82, 2.24) is 0 Å². The summed E-state index contributed by atoms with van der Waals surface area (Å²) in [7, 11) is 0. The van der Waals surface area contributed by atoms with Crippen molar-refractivity contribution in [3.63, 3.8) is 0 Å². The molecule has 0 amide bonds. The molecule has 1 saturated heterocycles. The molecular formula is C8H16O4. The van der Waals surface area contributed by atoms with E-state index in [1.54, 1.807) is 0 Å². The van der Waals surface area contributed by atoms with Crippen molar-refractivity contribution in [3.05, 3.63) is 0 Å². The topological polar surface area (TPSA) is 58.9 Å². The van der Waals surface area contributed by atoms with Gasteiger partial charge in [0.05, 0.1) is 32.5 Å². The molecule has 12 heavy (non-hydrogen) atoms. The van der Waals surface area contributed by atoms with Gasteiger partial charge in [0.1, 0.15) is 5.60 Å². The number of hydrogen-bond acceptors (Lipinski definition) is 4. The van der Waals surface area contributed by atoms with Crippen LogP contribution in [0.2, 0.25) is 0 Å². The van der Waals surface area contributed by atoms with Crippen LogP contribution in [0.4, 0.5) is 0 Å². The van der Waals surface area contributed by atoms with Gasteiger partial charge >= 0.3 is 0 Å². The van der Waals surface area contributed by atoms with Crippen LogP contribution in [-0.4, -0.2) is 48.3 Å². The van der Waals surface area contributed by atoms with E-state index in [-0.39, 0.29) is 13.2 Å². The van der Waals surface area contributed by atoms with Gasteiger partial charge in [-0.25, -0.2) is 0 Å². The van der Waals surface area contributed by atoms with Crippen LogP contribution in [0.15, 0.2) is 0 Å². The van der Waals surface area contributed by atoms with Gasteiger partial charge in [-0.1, -0.05) is 6.92 Å². The Bertz CT molecular complexity index is 131. The van der Waals surface area contributed by atoms with E-state index < -0.39 is 11.7 Å². The molecule has 1 aliphatic rings. The standard InChI is InChI=1S/C8H16O4/c1-2-7(10)8(5-9)6-11-3-4-12-8/h7,9-10H,2-6H2,1H3. The zero-order valence-corrected chi connectivity index (χ0v) is 7.32. The summed E-state index contributed by atoms with van der Waals surface area (Å²) in [6.45, 7) is 2.91. The van der Waals surface area contributed by atoms with E-state index in [9.17, 15) is 5.11 Å². The fraction of sp³-hybridized carbons (Fsp3) is 1.00. The zero-order chi connectivity index (χ0) is 9.03.